The Morgan fingerprint density at radius 3 is 2.87 bits per heavy atom. The Bertz CT molecular complexity index is 355. The Morgan fingerprint density at radius 1 is 1.53 bits per heavy atom. The minimum Gasteiger partial charge on any atom is -0.491 e. The minimum absolute atomic E-state index is 0.192. The fraction of sp³-hybridized carbons (Fsp3) is 0.300. The molecule has 0 heterocycles. The largest absolute Gasteiger partial charge is 0.491 e. The lowest BCUT2D eigenvalue weighted by Gasteiger charge is -2.07. The molecule has 0 saturated carbocycles. The number of ether oxygens (including phenoxy) is 2. The lowest BCUT2D eigenvalue weighted by atomic mass is 10.3. The summed E-state index contributed by atoms with van der Waals surface area (Å²) in [5.41, 5.74) is 6.08. The van der Waals surface area contributed by atoms with Crippen LogP contribution in [0.25, 0.3) is 0 Å². The van der Waals surface area contributed by atoms with E-state index in [1.165, 1.54) is 7.11 Å². The molecule has 1 aromatic carbocycles. The standard InChI is InChI=1S/C10H12ClNO3/c1-14-10(13)4-5-15-9-3-2-7(12)6-8(9)11/h2-3,6H,4-5,12H2,1H3. The highest BCUT2D eigenvalue weighted by atomic mass is 35.5. The number of carbonyl (C=O) groups is 1. The summed E-state index contributed by atoms with van der Waals surface area (Å²) in [4.78, 5) is 10.8. The number of hydrogen-bond donors (Lipinski definition) is 1. The van der Waals surface area contributed by atoms with Gasteiger partial charge in [0.15, 0.2) is 0 Å². The molecule has 4 nitrogen and oxygen atoms in total. The van der Waals surface area contributed by atoms with Gasteiger partial charge < -0.3 is 15.2 Å². The van der Waals surface area contributed by atoms with Gasteiger partial charge in [0.25, 0.3) is 0 Å². The first kappa shape index (κ1) is 11.7. The van der Waals surface area contributed by atoms with Crippen LogP contribution >= 0.6 is 11.6 Å². The number of halogens is 1. The first-order valence-electron chi connectivity index (χ1n) is 4.38. The van der Waals surface area contributed by atoms with E-state index < -0.39 is 0 Å². The summed E-state index contributed by atoms with van der Waals surface area (Å²) < 4.78 is 9.74. The maximum absolute atomic E-state index is 10.8. The summed E-state index contributed by atoms with van der Waals surface area (Å²) in [6.07, 6.45) is 0.192. The summed E-state index contributed by atoms with van der Waals surface area (Å²) in [6.45, 7) is 0.232. The van der Waals surface area contributed by atoms with Crippen molar-refractivity contribution < 1.29 is 14.3 Å². The van der Waals surface area contributed by atoms with Crippen LogP contribution < -0.4 is 10.5 Å². The van der Waals surface area contributed by atoms with Crippen LogP contribution in [0.3, 0.4) is 0 Å². The molecule has 0 radical (unpaired) electrons. The van der Waals surface area contributed by atoms with Gasteiger partial charge in [0, 0.05) is 5.69 Å². The molecule has 0 aliphatic heterocycles. The van der Waals surface area contributed by atoms with Gasteiger partial charge in [0.2, 0.25) is 0 Å². The molecule has 1 rings (SSSR count). The Labute approximate surface area is 92.9 Å². The fourth-order valence-electron chi connectivity index (χ4n) is 0.981. The van der Waals surface area contributed by atoms with Crippen LogP contribution in [0.5, 0.6) is 5.75 Å². The van der Waals surface area contributed by atoms with Gasteiger partial charge in [-0.3, -0.25) is 4.79 Å². The molecule has 2 N–H and O–H groups in total. The third-order valence-electron chi connectivity index (χ3n) is 1.75. The van der Waals surface area contributed by atoms with Crippen molar-refractivity contribution in [2.75, 3.05) is 19.5 Å². The second-order valence-electron chi connectivity index (χ2n) is 2.86. The molecule has 0 fully saturated rings. The van der Waals surface area contributed by atoms with Gasteiger partial charge in [-0.25, -0.2) is 0 Å². The number of anilines is 1. The van der Waals surface area contributed by atoms with Crippen molar-refractivity contribution >= 4 is 23.3 Å². The van der Waals surface area contributed by atoms with E-state index in [-0.39, 0.29) is 19.0 Å². The molecule has 0 aliphatic carbocycles. The minimum atomic E-state index is -0.318. The van der Waals surface area contributed by atoms with Gasteiger partial charge in [0.1, 0.15) is 5.75 Å². The van der Waals surface area contributed by atoms with Crippen LogP contribution in [-0.4, -0.2) is 19.7 Å². The van der Waals surface area contributed by atoms with Crippen LogP contribution in [-0.2, 0) is 9.53 Å². The number of hydrogen-bond acceptors (Lipinski definition) is 4. The normalized spacial score (nSPS) is 9.73. The molecule has 0 spiro atoms. The van der Waals surface area contributed by atoms with Gasteiger partial charge in [0.05, 0.1) is 25.2 Å². The zero-order chi connectivity index (χ0) is 11.3. The molecule has 0 saturated heterocycles. The summed E-state index contributed by atoms with van der Waals surface area (Å²) in [7, 11) is 1.33. The van der Waals surface area contributed by atoms with Crippen molar-refractivity contribution in [3.63, 3.8) is 0 Å². The van der Waals surface area contributed by atoms with Crippen LogP contribution in [0.1, 0.15) is 6.42 Å². The van der Waals surface area contributed by atoms with Crippen molar-refractivity contribution in [3.8, 4) is 5.75 Å². The van der Waals surface area contributed by atoms with Gasteiger partial charge in [-0.15, -0.1) is 0 Å². The van der Waals surface area contributed by atoms with Gasteiger partial charge in [-0.2, -0.15) is 0 Å². The summed E-state index contributed by atoms with van der Waals surface area (Å²) in [5, 5.41) is 0.430. The molecule has 82 valence electrons. The molecule has 0 amide bonds. The van der Waals surface area contributed by atoms with Crippen LogP contribution in [0.15, 0.2) is 18.2 Å². The molecule has 0 atom stereocenters. The molecule has 0 unspecified atom stereocenters. The molecule has 0 aromatic heterocycles. The number of benzene rings is 1. The zero-order valence-electron chi connectivity index (χ0n) is 8.33. The van der Waals surface area contributed by atoms with E-state index in [2.05, 4.69) is 4.74 Å². The lowest BCUT2D eigenvalue weighted by molar-refractivity contribution is -0.141. The van der Waals surface area contributed by atoms with Crippen molar-refractivity contribution in [3.05, 3.63) is 23.2 Å². The molecular formula is C10H12ClNO3. The maximum Gasteiger partial charge on any atom is 0.308 e. The second-order valence-corrected chi connectivity index (χ2v) is 3.27. The van der Waals surface area contributed by atoms with E-state index >= 15 is 0 Å². The highest BCUT2D eigenvalue weighted by molar-refractivity contribution is 6.32. The molecule has 15 heavy (non-hydrogen) atoms. The Balaban J connectivity index is 2.47. The molecule has 0 aliphatic rings. The average molecular weight is 230 g/mol. The van der Waals surface area contributed by atoms with Gasteiger partial charge in [-0.05, 0) is 18.2 Å². The van der Waals surface area contributed by atoms with Crippen LogP contribution in [0, 0.1) is 0 Å². The Hall–Kier alpha value is -1.42. The van der Waals surface area contributed by atoms with E-state index in [1.54, 1.807) is 18.2 Å². The number of nitrogens with two attached hydrogens (primary N) is 1. The van der Waals surface area contributed by atoms with Crippen LogP contribution in [0.4, 0.5) is 5.69 Å². The highest BCUT2D eigenvalue weighted by Crippen LogP contribution is 2.26. The van der Waals surface area contributed by atoms with E-state index in [9.17, 15) is 4.79 Å². The fourth-order valence-corrected chi connectivity index (χ4v) is 1.22. The number of nitrogen functional groups attached to an aromatic ring is 1. The summed E-state index contributed by atoms with van der Waals surface area (Å²) >= 11 is 5.86. The zero-order valence-corrected chi connectivity index (χ0v) is 9.08. The maximum atomic E-state index is 10.8. The quantitative estimate of drug-likeness (QED) is 0.633. The highest BCUT2D eigenvalue weighted by Gasteiger charge is 2.04. The van der Waals surface area contributed by atoms with Gasteiger partial charge in [-0.1, -0.05) is 11.6 Å². The molecule has 1 aromatic rings. The predicted octanol–water partition coefficient (Wildman–Crippen LogP) is 1.86. The smallest absolute Gasteiger partial charge is 0.308 e. The van der Waals surface area contributed by atoms with Gasteiger partial charge >= 0.3 is 5.97 Å². The van der Waals surface area contributed by atoms with E-state index in [0.717, 1.165) is 0 Å². The van der Waals surface area contributed by atoms with Crippen molar-refractivity contribution in [2.24, 2.45) is 0 Å². The first-order valence-corrected chi connectivity index (χ1v) is 4.76. The molecular weight excluding hydrogens is 218 g/mol. The Kier molecular flexibility index (Phi) is 4.24. The predicted molar refractivity (Wildman–Crippen MR) is 58.0 cm³/mol. The Morgan fingerprint density at radius 2 is 2.27 bits per heavy atom. The van der Waals surface area contributed by atoms with E-state index in [4.69, 9.17) is 22.1 Å². The topological polar surface area (TPSA) is 61.5 Å². The third kappa shape index (κ3) is 3.67. The number of rotatable bonds is 4. The molecule has 5 heteroatoms. The monoisotopic (exact) mass is 229 g/mol. The average Bonchev–Trinajstić information content (AvgIpc) is 2.21. The number of methoxy groups -OCH3 is 1. The third-order valence-corrected chi connectivity index (χ3v) is 2.04. The van der Waals surface area contributed by atoms with Crippen molar-refractivity contribution in [1.82, 2.24) is 0 Å². The molecule has 0 bridgehead atoms. The second kappa shape index (κ2) is 5.46. The van der Waals surface area contributed by atoms with E-state index in [0.29, 0.717) is 16.5 Å². The van der Waals surface area contributed by atoms with E-state index in [1.807, 2.05) is 0 Å². The summed E-state index contributed by atoms with van der Waals surface area (Å²) in [5.74, 6) is 0.191. The first-order chi connectivity index (χ1) is 7.13. The van der Waals surface area contributed by atoms with Crippen molar-refractivity contribution in [1.29, 1.82) is 0 Å². The summed E-state index contributed by atoms with van der Waals surface area (Å²) in [6, 6.07) is 4.93. The SMILES string of the molecule is COC(=O)CCOc1ccc(N)cc1Cl. The van der Waals surface area contributed by atoms with Crippen molar-refractivity contribution in [2.45, 2.75) is 6.42 Å². The van der Waals surface area contributed by atoms with Crippen LogP contribution in [0.2, 0.25) is 5.02 Å². The number of esters is 1. The lowest BCUT2D eigenvalue weighted by Crippen LogP contribution is -2.07. The number of carbonyl (C=O) groups excluding carboxylic acids is 1.